The Kier molecular flexibility index (Phi) is 5.42. The monoisotopic (exact) mass is 397 g/mol. The van der Waals surface area contributed by atoms with Crippen molar-refractivity contribution in [2.75, 3.05) is 19.0 Å². The first-order valence-corrected chi connectivity index (χ1v) is 10.1. The summed E-state index contributed by atoms with van der Waals surface area (Å²) in [5.41, 5.74) is 2.66. The zero-order chi connectivity index (χ0) is 20.4. The Bertz CT molecular complexity index is 919. The third kappa shape index (κ3) is 3.92. The van der Waals surface area contributed by atoms with E-state index in [0.717, 1.165) is 36.5 Å². The van der Waals surface area contributed by atoms with Crippen LogP contribution in [0.2, 0.25) is 0 Å². The molecule has 0 saturated heterocycles. The average molecular weight is 397 g/mol. The molecule has 8 nitrogen and oxygen atoms in total. The predicted octanol–water partition coefficient (Wildman–Crippen LogP) is 2.44. The molecule has 3 amide bonds. The molecular weight excluding hydrogens is 370 g/mol. The van der Waals surface area contributed by atoms with Gasteiger partial charge < -0.3 is 24.8 Å². The number of hydrogen-bond donors (Lipinski definition) is 2. The summed E-state index contributed by atoms with van der Waals surface area (Å²) < 4.78 is 7.30. The number of benzene rings is 1. The Labute approximate surface area is 170 Å². The molecule has 2 heterocycles. The molecule has 2 N–H and O–H groups in total. The number of rotatable bonds is 5. The molecular formula is C21H27N5O3. The van der Waals surface area contributed by atoms with E-state index in [1.165, 1.54) is 0 Å². The lowest BCUT2D eigenvalue weighted by Crippen LogP contribution is -2.39. The van der Waals surface area contributed by atoms with Gasteiger partial charge in [0.05, 0.1) is 37.3 Å². The molecule has 1 aromatic heterocycles. The van der Waals surface area contributed by atoms with Crippen molar-refractivity contribution in [3.63, 3.8) is 0 Å². The summed E-state index contributed by atoms with van der Waals surface area (Å²) in [6.45, 7) is 1.50. The van der Waals surface area contributed by atoms with Crippen LogP contribution in [0.3, 0.4) is 0 Å². The second-order valence-electron chi connectivity index (χ2n) is 7.63. The maximum atomic E-state index is 12.8. The Morgan fingerprint density at radius 3 is 2.79 bits per heavy atom. The van der Waals surface area contributed by atoms with Crippen LogP contribution in [0.4, 0.5) is 10.5 Å². The minimum atomic E-state index is -0.166. The molecule has 2 aliphatic rings. The zero-order valence-corrected chi connectivity index (χ0v) is 16.9. The second kappa shape index (κ2) is 8.14. The fraction of sp³-hybridized carbons (Fsp3) is 0.476. The molecule has 154 valence electrons. The lowest BCUT2D eigenvalue weighted by Gasteiger charge is -2.27. The van der Waals surface area contributed by atoms with E-state index in [1.54, 1.807) is 12.0 Å². The summed E-state index contributed by atoms with van der Waals surface area (Å²) in [7, 11) is 3.53. The molecule has 0 radical (unpaired) electrons. The molecule has 8 heteroatoms. The molecule has 1 saturated carbocycles. The quantitative estimate of drug-likeness (QED) is 0.811. The van der Waals surface area contributed by atoms with Gasteiger partial charge in [-0.15, -0.1) is 0 Å². The van der Waals surface area contributed by atoms with Crippen LogP contribution in [0.15, 0.2) is 24.3 Å². The third-order valence-corrected chi connectivity index (χ3v) is 5.88. The largest absolute Gasteiger partial charge is 0.495 e. The first-order valence-electron chi connectivity index (χ1n) is 10.1. The van der Waals surface area contributed by atoms with Gasteiger partial charge in [0, 0.05) is 25.9 Å². The molecule has 29 heavy (non-hydrogen) atoms. The van der Waals surface area contributed by atoms with E-state index in [-0.39, 0.29) is 17.9 Å². The van der Waals surface area contributed by atoms with E-state index in [2.05, 4.69) is 10.6 Å². The standard InChI is InChI=1S/C21H27N5O3/c1-25-17-13-26(21(28)24-16-8-3-4-9-18(16)29-2)11-10-15(17)23-19(25)12-22-20(27)14-6-5-7-14/h3-4,8-9,14H,5-7,10-13H2,1-2H3,(H,22,27)(H,24,28). The number of methoxy groups -OCH3 is 1. The van der Waals surface area contributed by atoms with Crippen molar-refractivity contribution in [3.8, 4) is 5.75 Å². The number of nitrogens with zero attached hydrogens (tertiary/aromatic N) is 3. The summed E-state index contributed by atoms with van der Waals surface area (Å²) in [6, 6.07) is 7.19. The lowest BCUT2D eigenvalue weighted by molar-refractivity contribution is -0.127. The number of para-hydroxylation sites is 2. The average Bonchev–Trinajstić information content (AvgIpc) is 3.00. The van der Waals surface area contributed by atoms with Crippen LogP contribution in [-0.2, 0) is 31.4 Å². The maximum Gasteiger partial charge on any atom is 0.322 e. The van der Waals surface area contributed by atoms with Crippen molar-refractivity contribution in [2.24, 2.45) is 13.0 Å². The Hall–Kier alpha value is -3.03. The fourth-order valence-corrected chi connectivity index (χ4v) is 3.80. The highest BCUT2D eigenvalue weighted by Crippen LogP contribution is 2.27. The van der Waals surface area contributed by atoms with Gasteiger partial charge in [0.2, 0.25) is 5.91 Å². The summed E-state index contributed by atoms with van der Waals surface area (Å²) in [5.74, 6) is 1.74. The van der Waals surface area contributed by atoms with Gasteiger partial charge in [-0.05, 0) is 25.0 Å². The topological polar surface area (TPSA) is 88.5 Å². The lowest BCUT2D eigenvalue weighted by atomic mass is 9.85. The van der Waals surface area contributed by atoms with Crippen molar-refractivity contribution < 1.29 is 14.3 Å². The molecule has 2 aromatic rings. The van der Waals surface area contributed by atoms with E-state index in [4.69, 9.17) is 9.72 Å². The number of carbonyl (C=O) groups is 2. The maximum absolute atomic E-state index is 12.8. The first kappa shape index (κ1) is 19.3. The number of carbonyl (C=O) groups excluding carboxylic acids is 2. The predicted molar refractivity (Wildman–Crippen MR) is 109 cm³/mol. The summed E-state index contributed by atoms with van der Waals surface area (Å²) in [5, 5.41) is 5.93. The number of hydrogen-bond acceptors (Lipinski definition) is 4. The van der Waals surface area contributed by atoms with Crippen LogP contribution in [0.25, 0.3) is 0 Å². The number of amides is 3. The number of aromatic nitrogens is 2. The summed E-state index contributed by atoms with van der Waals surface area (Å²) >= 11 is 0. The second-order valence-corrected chi connectivity index (χ2v) is 7.63. The zero-order valence-electron chi connectivity index (χ0n) is 16.9. The highest BCUT2D eigenvalue weighted by atomic mass is 16.5. The molecule has 4 rings (SSSR count). The molecule has 1 aliphatic heterocycles. The van der Waals surface area contributed by atoms with Crippen LogP contribution in [0.1, 0.15) is 36.5 Å². The fourth-order valence-electron chi connectivity index (χ4n) is 3.80. The SMILES string of the molecule is COc1ccccc1NC(=O)N1CCc2nc(CNC(=O)C3CCC3)n(C)c2C1. The smallest absolute Gasteiger partial charge is 0.322 e. The van der Waals surface area contributed by atoms with Crippen LogP contribution in [0, 0.1) is 5.92 Å². The van der Waals surface area contributed by atoms with Crippen LogP contribution >= 0.6 is 0 Å². The van der Waals surface area contributed by atoms with E-state index in [1.807, 2.05) is 35.9 Å². The molecule has 0 spiro atoms. The Morgan fingerprint density at radius 1 is 1.28 bits per heavy atom. The number of nitrogens with one attached hydrogen (secondary N) is 2. The molecule has 1 aliphatic carbocycles. The van der Waals surface area contributed by atoms with Gasteiger partial charge in [0.15, 0.2) is 0 Å². The van der Waals surface area contributed by atoms with E-state index < -0.39 is 0 Å². The van der Waals surface area contributed by atoms with Crippen molar-refractivity contribution in [1.29, 1.82) is 0 Å². The molecule has 1 fully saturated rings. The van der Waals surface area contributed by atoms with Gasteiger partial charge in [0.25, 0.3) is 0 Å². The minimum absolute atomic E-state index is 0.120. The number of anilines is 1. The number of fused-ring (bicyclic) bond motifs is 1. The van der Waals surface area contributed by atoms with Crippen molar-refractivity contribution in [3.05, 3.63) is 41.5 Å². The first-order chi connectivity index (χ1) is 14.1. The number of imidazole rings is 1. The number of urea groups is 1. The van der Waals surface area contributed by atoms with Gasteiger partial charge in [-0.2, -0.15) is 0 Å². The van der Waals surface area contributed by atoms with Gasteiger partial charge >= 0.3 is 6.03 Å². The van der Waals surface area contributed by atoms with Crippen molar-refractivity contribution in [2.45, 2.75) is 38.8 Å². The number of ether oxygens (including phenoxy) is 1. The van der Waals surface area contributed by atoms with Crippen molar-refractivity contribution >= 4 is 17.6 Å². The minimum Gasteiger partial charge on any atom is -0.495 e. The van der Waals surface area contributed by atoms with Gasteiger partial charge in [-0.3, -0.25) is 4.79 Å². The van der Waals surface area contributed by atoms with E-state index >= 15 is 0 Å². The highest BCUT2D eigenvalue weighted by Gasteiger charge is 2.28. The normalized spacial score (nSPS) is 16.0. The molecule has 0 atom stereocenters. The van der Waals surface area contributed by atoms with Crippen LogP contribution in [0.5, 0.6) is 5.75 Å². The van der Waals surface area contributed by atoms with Gasteiger partial charge in [0.1, 0.15) is 11.6 Å². The van der Waals surface area contributed by atoms with Crippen LogP contribution < -0.4 is 15.4 Å². The van der Waals surface area contributed by atoms with Gasteiger partial charge in [-0.25, -0.2) is 9.78 Å². The Balaban J connectivity index is 1.40. The highest BCUT2D eigenvalue weighted by molar-refractivity contribution is 5.91. The molecule has 0 unspecified atom stereocenters. The van der Waals surface area contributed by atoms with E-state index in [9.17, 15) is 9.59 Å². The van der Waals surface area contributed by atoms with Gasteiger partial charge in [-0.1, -0.05) is 18.6 Å². The summed E-state index contributed by atoms with van der Waals surface area (Å²) in [6.07, 6.45) is 3.80. The van der Waals surface area contributed by atoms with Crippen molar-refractivity contribution in [1.82, 2.24) is 19.8 Å². The Morgan fingerprint density at radius 2 is 2.07 bits per heavy atom. The summed E-state index contributed by atoms with van der Waals surface area (Å²) in [4.78, 5) is 31.3. The molecule has 0 bridgehead atoms. The third-order valence-electron chi connectivity index (χ3n) is 5.88. The van der Waals surface area contributed by atoms with Crippen LogP contribution in [-0.4, -0.2) is 40.0 Å². The molecule has 1 aromatic carbocycles. The van der Waals surface area contributed by atoms with E-state index in [0.29, 0.717) is 37.5 Å².